The lowest BCUT2D eigenvalue weighted by Gasteiger charge is -2.23. The highest BCUT2D eigenvalue weighted by Crippen LogP contribution is 2.19. The first-order valence-electron chi connectivity index (χ1n) is 6.39. The molecule has 0 spiro atoms. The quantitative estimate of drug-likeness (QED) is 0.749. The monoisotopic (exact) mass is 299 g/mol. The van der Waals surface area contributed by atoms with E-state index in [-0.39, 0.29) is 29.2 Å². The summed E-state index contributed by atoms with van der Waals surface area (Å²) >= 11 is 0. The Morgan fingerprint density at radius 3 is 2.25 bits per heavy atom. The first kappa shape index (κ1) is 16.8. The highest BCUT2D eigenvalue weighted by Gasteiger charge is 2.22. The van der Waals surface area contributed by atoms with Crippen LogP contribution >= 0.6 is 0 Å². The molecule has 0 aromatic heterocycles. The van der Waals surface area contributed by atoms with Gasteiger partial charge in [0.25, 0.3) is 0 Å². The van der Waals surface area contributed by atoms with Crippen molar-refractivity contribution in [3.8, 4) is 0 Å². The number of nitrogens with one attached hydrogen (secondary N) is 1. The fourth-order valence-electron chi connectivity index (χ4n) is 1.63. The Bertz CT molecular complexity index is 561. The Balaban J connectivity index is 2.81. The predicted molar refractivity (Wildman–Crippen MR) is 77.1 cm³/mol. The van der Waals surface area contributed by atoms with Gasteiger partial charge in [0, 0.05) is 18.7 Å². The molecule has 0 amide bonds. The molecule has 0 saturated heterocycles. The van der Waals surface area contributed by atoms with Gasteiger partial charge in [-0.1, -0.05) is 26.0 Å². The van der Waals surface area contributed by atoms with E-state index in [0.717, 1.165) is 0 Å². The summed E-state index contributed by atoms with van der Waals surface area (Å²) in [6, 6.07) is 5.82. The second-order valence-electron chi connectivity index (χ2n) is 5.54. The maximum Gasteiger partial charge on any atom is 0.240 e. The zero-order valence-corrected chi connectivity index (χ0v) is 12.8. The van der Waals surface area contributed by atoms with Crippen LogP contribution in [0.25, 0.3) is 0 Å². The Morgan fingerprint density at radius 1 is 1.25 bits per heavy atom. The highest BCUT2D eigenvalue weighted by atomic mass is 32.2. The Kier molecular flexibility index (Phi) is 5.44. The minimum atomic E-state index is -3.60. The van der Waals surface area contributed by atoms with Crippen LogP contribution in [0.1, 0.15) is 37.6 Å². The number of benzene rings is 1. The van der Waals surface area contributed by atoms with Gasteiger partial charge in [-0.05, 0) is 30.9 Å². The van der Waals surface area contributed by atoms with Gasteiger partial charge in [0.15, 0.2) is 5.78 Å². The van der Waals surface area contributed by atoms with E-state index >= 15 is 0 Å². The molecule has 0 saturated carbocycles. The molecule has 0 fully saturated rings. The standard InChI is InChI=1S/C14H21NO4S/c1-11(17)12-4-6-13(7-5-12)20(18,19)15-10-14(2,3)8-9-16/h4-7,15-16H,8-10H2,1-3H3. The maximum absolute atomic E-state index is 12.1. The average Bonchev–Trinajstić information content (AvgIpc) is 2.37. The van der Waals surface area contributed by atoms with Gasteiger partial charge in [0.1, 0.15) is 0 Å². The van der Waals surface area contributed by atoms with E-state index < -0.39 is 10.0 Å². The normalized spacial score (nSPS) is 12.4. The molecule has 1 aromatic rings. The highest BCUT2D eigenvalue weighted by molar-refractivity contribution is 7.89. The molecule has 0 aliphatic heterocycles. The third-order valence-electron chi connectivity index (χ3n) is 3.10. The lowest BCUT2D eigenvalue weighted by molar-refractivity contribution is 0.101. The Labute approximate surface area is 120 Å². The van der Waals surface area contributed by atoms with E-state index in [1.165, 1.54) is 31.2 Å². The number of hydrogen-bond donors (Lipinski definition) is 2. The van der Waals surface area contributed by atoms with Gasteiger partial charge in [-0.2, -0.15) is 0 Å². The zero-order valence-electron chi connectivity index (χ0n) is 12.0. The van der Waals surface area contributed by atoms with E-state index in [4.69, 9.17) is 5.11 Å². The number of carbonyl (C=O) groups is 1. The van der Waals surface area contributed by atoms with E-state index in [0.29, 0.717) is 12.0 Å². The van der Waals surface area contributed by atoms with E-state index in [9.17, 15) is 13.2 Å². The van der Waals surface area contributed by atoms with Crippen LogP contribution in [0.5, 0.6) is 0 Å². The topological polar surface area (TPSA) is 83.5 Å². The maximum atomic E-state index is 12.1. The summed E-state index contributed by atoms with van der Waals surface area (Å²) in [7, 11) is -3.60. The van der Waals surface area contributed by atoms with Crippen LogP contribution in [-0.2, 0) is 10.0 Å². The smallest absolute Gasteiger partial charge is 0.240 e. The average molecular weight is 299 g/mol. The van der Waals surface area contributed by atoms with Gasteiger partial charge in [-0.25, -0.2) is 13.1 Å². The van der Waals surface area contributed by atoms with Crippen molar-refractivity contribution in [3.05, 3.63) is 29.8 Å². The van der Waals surface area contributed by atoms with Crippen molar-refractivity contribution < 1.29 is 18.3 Å². The summed E-state index contributed by atoms with van der Waals surface area (Å²) in [5.41, 5.74) is 0.158. The largest absolute Gasteiger partial charge is 0.396 e. The first-order chi connectivity index (χ1) is 9.18. The van der Waals surface area contributed by atoms with Gasteiger partial charge in [0.05, 0.1) is 4.90 Å². The van der Waals surface area contributed by atoms with Crippen molar-refractivity contribution in [2.24, 2.45) is 5.41 Å². The van der Waals surface area contributed by atoms with Crippen molar-refractivity contribution in [2.45, 2.75) is 32.1 Å². The molecular weight excluding hydrogens is 278 g/mol. The first-order valence-corrected chi connectivity index (χ1v) is 7.88. The number of rotatable bonds is 7. The van der Waals surface area contributed by atoms with Crippen LogP contribution in [0.15, 0.2) is 29.2 Å². The van der Waals surface area contributed by atoms with E-state index in [1.807, 2.05) is 13.8 Å². The van der Waals surface area contributed by atoms with Crippen molar-refractivity contribution in [1.82, 2.24) is 4.72 Å². The number of carbonyl (C=O) groups excluding carboxylic acids is 1. The molecule has 20 heavy (non-hydrogen) atoms. The summed E-state index contributed by atoms with van der Waals surface area (Å²) in [6.07, 6.45) is 0.513. The zero-order chi connectivity index (χ0) is 15.4. The Morgan fingerprint density at radius 2 is 1.80 bits per heavy atom. The molecule has 0 aliphatic carbocycles. The minimum absolute atomic E-state index is 0.0159. The van der Waals surface area contributed by atoms with Crippen LogP contribution in [0.3, 0.4) is 0 Å². The number of hydrogen-bond acceptors (Lipinski definition) is 4. The molecule has 1 aromatic carbocycles. The van der Waals surface area contributed by atoms with E-state index in [2.05, 4.69) is 4.72 Å². The lowest BCUT2D eigenvalue weighted by atomic mass is 9.90. The van der Waals surface area contributed by atoms with Gasteiger partial charge in [-0.3, -0.25) is 4.79 Å². The third kappa shape index (κ3) is 4.70. The van der Waals surface area contributed by atoms with Crippen LogP contribution in [0.4, 0.5) is 0 Å². The number of aliphatic hydroxyl groups excluding tert-OH is 1. The summed E-state index contributed by atoms with van der Waals surface area (Å²) in [5.74, 6) is -0.106. The fraction of sp³-hybridized carbons (Fsp3) is 0.500. The molecule has 0 bridgehead atoms. The third-order valence-corrected chi connectivity index (χ3v) is 4.52. The number of Topliss-reactive ketones (excluding diaryl/α,β-unsaturated/α-hetero) is 1. The molecular formula is C14H21NO4S. The van der Waals surface area contributed by atoms with Crippen molar-refractivity contribution >= 4 is 15.8 Å². The van der Waals surface area contributed by atoms with Gasteiger partial charge in [-0.15, -0.1) is 0 Å². The van der Waals surface area contributed by atoms with Crippen LogP contribution in [-0.4, -0.2) is 32.5 Å². The van der Waals surface area contributed by atoms with E-state index in [1.54, 1.807) is 0 Å². The molecule has 0 unspecified atom stereocenters. The van der Waals surface area contributed by atoms with Crippen LogP contribution in [0.2, 0.25) is 0 Å². The second-order valence-corrected chi connectivity index (χ2v) is 7.31. The van der Waals surface area contributed by atoms with Gasteiger partial charge < -0.3 is 5.11 Å². The van der Waals surface area contributed by atoms with Gasteiger partial charge in [0.2, 0.25) is 10.0 Å². The molecule has 1 rings (SSSR count). The molecule has 0 atom stereocenters. The number of ketones is 1. The van der Waals surface area contributed by atoms with Gasteiger partial charge >= 0.3 is 0 Å². The van der Waals surface area contributed by atoms with Crippen molar-refractivity contribution in [1.29, 1.82) is 0 Å². The molecule has 6 heteroatoms. The SMILES string of the molecule is CC(=O)c1ccc(S(=O)(=O)NCC(C)(C)CCO)cc1. The van der Waals surface area contributed by atoms with Crippen molar-refractivity contribution in [3.63, 3.8) is 0 Å². The summed E-state index contributed by atoms with van der Waals surface area (Å²) in [5, 5.41) is 8.92. The number of sulfonamides is 1. The summed E-state index contributed by atoms with van der Waals surface area (Å²) < 4.78 is 26.7. The lowest BCUT2D eigenvalue weighted by Crippen LogP contribution is -2.34. The molecule has 0 aliphatic rings. The molecule has 0 radical (unpaired) electrons. The van der Waals surface area contributed by atoms with Crippen molar-refractivity contribution in [2.75, 3.05) is 13.2 Å². The molecule has 0 heterocycles. The molecule has 112 valence electrons. The van der Waals surface area contributed by atoms with Crippen LogP contribution < -0.4 is 4.72 Å². The van der Waals surface area contributed by atoms with Crippen LogP contribution in [0, 0.1) is 5.41 Å². The molecule has 2 N–H and O–H groups in total. The Hall–Kier alpha value is -1.24. The predicted octanol–water partition coefficient (Wildman–Crippen LogP) is 1.58. The molecule has 5 nitrogen and oxygen atoms in total. The second kappa shape index (κ2) is 6.47. The summed E-state index contributed by atoms with van der Waals surface area (Å²) in [4.78, 5) is 11.3. The summed E-state index contributed by atoms with van der Waals surface area (Å²) in [6.45, 7) is 5.45. The number of aliphatic hydroxyl groups is 1. The fourth-order valence-corrected chi connectivity index (χ4v) is 2.88. The minimum Gasteiger partial charge on any atom is -0.396 e.